The van der Waals surface area contributed by atoms with Crippen LogP contribution in [0.3, 0.4) is 0 Å². The normalized spacial score (nSPS) is 20.7. The molecule has 6 nitrogen and oxygen atoms in total. The Morgan fingerprint density at radius 2 is 1.85 bits per heavy atom. The van der Waals surface area contributed by atoms with Crippen LogP contribution in [0, 0.1) is 5.92 Å². The zero-order valence-corrected chi connectivity index (χ0v) is 15.6. The first-order valence-electron chi connectivity index (χ1n) is 8.94. The van der Waals surface area contributed by atoms with E-state index in [2.05, 4.69) is 4.40 Å². The number of piperidine rings is 1. The minimum atomic E-state index is -3.66. The highest BCUT2D eigenvalue weighted by Crippen LogP contribution is 2.30. The molecule has 0 aliphatic carbocycles. The summed E-state index contributed by atoms with van der Waals surface area (Å²) in [5, 5.41) is 0. The van der Waals surface area contributed by atoms with E-state index >= 15 is 0 Å². The monoisotopic (exact) mass is 384 g/mol. The Kier molecular flexibility index (Phi) is 4.70. The molecule has 0 radical (unpaired) electrons. The van der Waals surface area contributed by atoms with Crippen LogP contribution in [-0.4, -0.2) is 38.2 Å². The van der Waals surface area contributed by atoms with Gasteiger partial charge in [-0.05, 0) is 30.5 Å². The molecule has 0 aromatic heterocycles. The largest absolute Gasteiger partial charge is 0.461 e. The molecule has 1 fully saturated rings. The summed E-state index contributed by atoms with van der Waals surface area (Å²) in [6, 6.07) is 16.4. The van der Waals surface area contributed by atoms with Gasteiger partial charge < -0.3 is 9.64 Å². The van der Waals surface area contributed by atoms with Crippen molar-refractivity contribution in [3.8, 4) is 0 Å². The van der Waals surface area contributed by atoms with E-state index in [1.165, 1.54) is 0 Å². The van der Waals surface area contributed by atoms with Crippen molar-refractivity contribution >= 4 is 21.8 Å². The molecule has 0 saturated carbocycles. The third-order valence-corrected chi connectivity index (χ3v) is 6.22. The van der Waals surface area contributed by atoms with E-state index in [1.54, 1.807) is 24.3 Å². The lowest BCUT2D eigenvalue weighted by molar-refractivity contribution is -0.151. The molecule has 4 rings (SSSR count). The molecule has 0 spiro atoms. The number of nitrogens with zero attached hydrogens (tertiary/aromatic N) is 2. The average Bonchev–Trinajstić information content (AvgIpc) is 2.98. The molecule has 27 heavy (non-hydrogen) atoms. The quantitative estimate of drug-likeness (QED) is 0.761. The third kappa shape index (κ3) is 3.60. The highest BCUT2D eigenvalue weighted by Gasteiger charge is 2.35. The zero-order chi connectivity index (χ0) is 18.9. The molecular weight excluding hydrogens is 364 g/mol. The molecule has 0 unspecified atom stereocenters. The molecule has 1 saturated heterocycles. The van der Waals surface area contributed by atoms with E-state index in [0.29, 0.717) is 24.5 Å². The Hall–Kier alpha value is -2.67. The van der Waals surface area contributed by atoms with Crippen LogP contribution in [0.25, 0.3) is 0 Å². The number of rotatable bonds is 3. The van der Waals surface area contributed by atoms with Gasteiger partial charge in [-0.2, -0.15) is 8.42 Å². The van der Waals surface area contributed by atoms with Crippen LogP contribution in [-0.2, 0) is 26.2 Å². The molecule has 2 aliphatic rings. The fourth-order valence-electron chi connectivity index (χ4n) is 3.53. The van der Waals surface area contributed by atoms with Gasteiger partial charge in [-0.15, -0.1) is 4.40 Å². The second kappa shape index (κ2) is 7.15. The lowest BCUT2D eigenvalue weighted by atomic mass is 9.97. The summed E-state index contributed by atoms with van der Waals surface area (Å²) in [4.78, 5) is 14.6. The van der Waals surface area contributed by atoms with Crippen molar-refractivity contribution in [2.24, 2.45) is 10.3 Å². The highest BCUT2D eigenvalue weighted by molar-refractivity contribution is 7.90. The Balaban J connectivity index is 1.47. The van der Waals surface area contributed by atoms with Crippen LogP contribution >= 0.6 is 0 Å². The van der Waals surface area contributed by atoms with Crippen molar-refractivity contribution in [1.82, 2.24) is 4.90 Å². The number of benzene rings is 2. The number of amidine groups is 1. The molecule has 1 atom stereocenters. The zero-order valence-electron chi connectivity index (χ0n) is 14.7. The Morgan fingerprint density at radius 3 is 2.67 bits per heavy atom. The maximum absolute atomic E-state index is 12.5. The fraction of sp³-hybridized carbons (Fsp3) is 0.300. The summed E-state index contributed by atoms with van der Waals surface area (Å²) in [5.74, 6) is -0.106. The number of likely N-dealkylation sites (tertiary alicyclic amines) is 1. The Labute approximate surface area is 158 Å². The van der Waals surface area contributed by atoms with Crippen molar-refractivity contribution in [3.63, 3.8) is 0 Å². The van der Waals surface area contributed by atoms with Gasteiger partial charge >= 0.3 is 5.97 Å². The van der Waals surface area contributed by atoms with Gasteiger partial charge in [0.25, 0.3) is 10.0 Å². The summed E-state index contributed by atoms with van der Waals surface area (Å²) >= 11 is 0. The molecule has 2 aliphatic heterocycles. The SMILES string of the molecule is O=C(OCc1ccccc1)[C@H]1CCCN(C2=NS(=O)(=O)c3ccccc32)C1. The number of carbonyl (C=O) groups is 1. The molecule has 0 N–H and O–H groups in total. The molecular formula is C20H20N2O4S. The Morgan fingerprint density at radius 1 is 1.11 bits per heavy atom. The first-order valence-corrected chi connectivity index (χ1v) is 10.4. The van der Waals surface area contributed by atoms with Crippen LogP contribution in [0.5, 0.6) is 0 Å². The van der Waals surface area contributed by atoms with E-state index < -0.39 is 10.0 Å². The minimum Gasteiger partial charge on any atom is -0.461 e. The van der Waals surface area contributed by atoms with Crippen molar-refractivity contribution in [2.75, 3.05) is 13.1 Å². The van der Waals surface area contributed by atoms with Gasteiger partial charge in [-0.25, -0.2) is 0 Å². The summed E-state index contributed by atoms with van der Waals surface area (Å²) in [6.45, 7) is 1.33. The first kappa shape index (κ1) is 17.7. The van der Waals surface area contributed by atoms with E-state index in [0.717, 1.165) is 18.4 Å². The third-order valence-electron chi connectivity index (χ3n) is 4.89. The number of hydrogen-bond acceptors (Lipinski definition) is 5. The Bertz CT molecular complexity index is 986. The van der Waals surface area contributed by atoms with Crippen molar-refractivity contribution in [1.29, 1.82) is 0 Å². The van der Waals surface area contributed by atoms with E-state index in [1.807, 2.05) is 35.2 Å². The number of sulfonamides is 1. The second-order valence-corrected chi connectivity index (χ2v) is 8.34. The molecule has 0 bridgehead atoms. The summed E-state index contributed by atoms with van der Waals surface area (Å²) in [6.07, 6.45) is 1.51. The van der Waals surface area contributed by atoms with Crippen LogP contribution in [0.4, 0.5) is 0 Å². The topological polar surface area (TPSA) is 76.0 Å². The number of hydrogen-bond donors (Lipinski definition) is 0. The second-order valence-electron chi connectivity index (χ2n) is 6.76. The summed E-state index contributed by atoms with van der Waals surface area (Å²) in [7, 11) is -3.66. The van der Waals surface area contributed by atoms with E-state index in [9.17, 15) is 13.2 Å². The molecule has 2 aromatic carbocycles. The van der Waals surface area contributed by atoms with Gasteiger partial charge in [0.15, 0.2) is 5.84 Å². The van der Waals surface area contributed by atoms with Crippen LogP contribution in [0.2, 0.25) is 0 Å². The predicted octanol–water partition coefficient (Wildman–Crippen LogP) is 2.59. The number of fused-ring (bicyclic) bond motifs is 1. The maximum Gasteiger partial charge on any atom is 0.311 e. The number of ether oxygens (including phenoxy) is 1. The van der Waals surface area contributed by atoms with Gasteiger partial charge in [0.2, 0.25) is 0 Å². The molecule has 7 heteroatoms. The molecule has 140 valence electrons. The number of carbonyl (C=O) groups excluding carboxylic acids is 1. The molecule has 2 heterocycles. The summed E-state index contributed by atoms with van der Waals surface area (Å²) in [5.41, 5.74) is 1.55. The van der Waals surface area contributed by atoms with Crippen LogP contribution < -0.4 is 0 Å². The predicted molar refractivity (Wildman–Crippen MR) is 101 cm³/mol. The van der Waals surface area contributed by atoms with Gasteiger partial charge in [0, 0.05) is 18.7 Å². The van der Waals surface area contributed by atoms with E-state index in [-0.39, 0.29) is 23.4 Å². The molecule has 2 aromatic rings. The summed E-state index contributed by atoms with van der Waals surface area (Å²) < 4.78 is 34.0. The lowest BCUT2D eigenvalue weighted by Gasteiger charge is -2.32. The van der Waals surface area contributed by atoms with Crippen molar-refractivity contribution in [2.45, 2.75) is 24.3 Å². The number of esters is 1. The standard InChI is InChI=1S/C20H20N2O4S/c23-20(26-14-15-7-2-1-3-8-15)16-9-6-12-22(13-16)19-17-10-4-5-11-18(17)27(24,25)21-19/h1-5,7-8,10-11,16H,6,9,12-14H2/t16-/m0/s1. The van der Waals surface area contributed by atoms with Gasteiger partial charge in [0.05, 0.1) is 5.92 Å². The van der Waals surface area contributed by atoms with Crippen molar-refractivity contribution < 1.29 is 17.9 Å². The van der Waals surface area contributed by atoms with Crippen LogP contribution in [0.1, 0.15) is 24.0 Å². The average molecular weight is 384 g/mol. The van der Waals surface area contributed by atoms with E-state index in [4.69, 9.17) is 4.74 Å². The van der Waals surface area contributed by atoms with Gasteiger partial charge in [-0.1, -0.05) is 42.5 Å². The van der Waals surface area contributed by atoms with Gasteiger partial charge in [-0.3, -0.25) is 4.79 Å². The van der Waals surface area contributed by atoms with Gasteiger partial charge in [0.1, 0.15) is 11.5 Å². The van der Waals surface area contributed by atoms with Crippen molar-refractivity contribution in [3.05, 3.63) is 65.7 Å². The highest BCUT2D eigenvalue weighted by atomic mass is 32.2. The maximum atomic E-state index is 12.5. The fourth-order valence-corrected chi connectivity index (χ4v) is 4.75. The van der Waals surface area contributed by atoms with Crippen LogP contribution in [0.15, 0.2) is 63.9 Å². The minimum absolute atomic E-state index is 0.230. The molecule has 0 amide bonds. The first-order chi connectivity index (χ1) is 13.0. The smallest absolute Gasteiger partial charge is 0.311 e. The lowest BCUT2D eigenvalue weighted by Crippen LogP contribution is -2.42.